The third-order valence-corrected chi connectivity index (χ3v) is 9.19. The maximum absolute atomic E-state index is 3.75. The van der Waals surface area contributed by atoms with Gasteiger partial charge in [0.1, 0.15) is 0 Å². The molecule has 10 aromatic carbocycles. The number of hydrogen-bond donors (Lipinski definition) is 0. The van der Waals surface area contributed by atoms with Crippen LogP contribution in [0.25, 0.3) is 97.0 Å². The molecule has 0 heteroatoms. The molecule has 1 radical (unpaired) electrons. The Morgan fingerprint density at radius 1 is 0.214 bits per heavy atom. The lowest BCUT2D eigenvalue weighted by Gasteiger charge is -2.10. The van der Waals surface area contributed by atoms with Crippen molar-refractivity contribution in [2.45, 2.75) is 0 Å². The van der Waals surface area contributed by atoms with Crippen molar-refractivity contribution in [1.82, 2.24) is 0 Å². The Morgan fingerprint density at radius 2 is 0.429 bits per heavy atom. The van der Waals surface area contributed by atoms with Crippen LogP contribution in [-0.2, 0) is 0 Å². The second-order valence-corrected chi connectivity index (χ2v) is 11.8. The Balaban J connectivity index is 1.18. The number of rotatable bonds is 0. The van der Waals surface area contributed by atoms with Crippen LogP contribution in [0.15, 0.2) is 140 Å². The highest BCUT2D eigenvalue weighted by atomic mass is 14.1. The van der Waals surface area contributed by atoms with Crippen LogP contribution in [0.1, 0.15) is 0 Å². The van der Waals surface area contributed by atoms with Gasteiger partial charge in [-0.2, -0.15) is 0 Å². The molecular weight excluding hydrogens is 504 g/mol. The Morgan fingerprint density at radius 3 is 0.738 bits per heavy atom. The van der Waals surface area contributed by atoms with Crippen molar-refractivity contribution in [3.63, 3.8) is 0 Å². The lowest BCUT2D eigenvalue weighted by Crippen LogP contribution is -1.83. The summed E-state index contributed by atoms with van der Waals surface area (Å²) in [4.78, 5) is 0. The molecule has 0 saturated heterocycles. The number of hydrogen-bond acceptors (Lipinski definition) is 0. The highest BCUT2D eigenvalue weighted by Crippen LogP contribution is 2.35. The van der Waals surface area contributed by atoms with Crippen LogP contribution >= 0.6 is 0 Å². The SMILES string of the molecule is [c]1c2cc3cc4ccccc4cc3cc2cc2cc3cc4cc5cc6cc7ccccc7cc6cc5cc4cc3cc12. The van der Waals surface area contributed by atoms with Crippen LogP contribution in [-0.4, -0.2) is 0 Å². The van der Waals surface area contributed by atoms with Gasteiger partial charge in [0.25, 0.3) is 0 Å². The summed E-state index contributed by atoms with van der Waals surface area (Å²) in [5, 5.41) is 22.6. The second-order valence-electron chi connectivity index (χ2n) is 11.8. The fourth-order valence-electron chi connectivity index (χ4n) is 7.04. The molecule has 0 aromatic heterocycles. The van der Waals surface area contributed by atoms with E-state index >= 15 is 0 Å². The van der Waals surface area contributed by atoms with Gasteiger partial charge in [-0.05, 0) is 194 Å². The third-order valence-electron chi connectivity index (χ3n) is 9.19. The molecule has 0 atom stereocenters. The Bertz CT molecular complexity index is 2400. The Kier molecular flexibility index (Phi) is 4.27. The standard InChI is InChI=1S/C42H23/c1-2-6-26-10-30-14-34-18-38-22-42-24-40-20-36-16-32-12-28-8-4-3-7-27(28)11-31(32)15-35(36)19-39(40)23-41(42)21-37(38)17-33(34)13-29(30)9-25(26)5-1/h1-19,21-24H. The zero-order chi connectivity index (χ0) is 27.4. The fourth-order valence-corrected chi connectivity index (χ4v) is 7.04. The van der Waals surface area contributed by atoms with Crippen LogP contribution in [0.3, 0.4) is 0 Å². The molecule has 0 unspecified atom stereocenters. The predicted molar refractivity (Wildman–Crippen MR) is 183 cm³/mol. The predicted octanol–water partition coefficient (Wildman–Crippen LogP) is 11.9. The topological polar surface area (TPSA) is 0 Å². The van der Waals surface area contributed by atoms with E-state index in [0.717, 1.165) is 10.8 Å². The minimum absolute atomic E-state index is 1.16. The summed E-state index contributed by atoms with van der Waals surface area (Å²) in [6, 6.07) is 55.9. The fraction of sp³-hybridized carbons (Fsp3) is 0. The summed E-state index contributed by atoms with van der Waals surface area (Å²) in [5.74, 6) is 0. The first kappa shape index (κ1) is 22.3. The summed E-state index contributed by atoms with van der Waals surface area (Å²) in [6.45, 7) is 0. The minimum Gasteiger partial charge on any atom is -0.0616 e. The quantitative estimate of drug-likeness (QED) is 0.172. The maximum atomic E-state index is 3.75. The van der Waals surface area contributed by atoms with Gasteiger partial charge in [0.2, 0.25) is 0 Å². The van der Waals surface area contributed by atoms with E-state index in [1.807, 2.05) is 0 Å². The van der Waals surface area contributed by atoms with Crippen LogP contribution in [0.5, 0.6) is 0 Å². The molecule has 191 valence electrons. The van der Waals surface area contributed by atoms with E-state index in [4.69, 9.17) is 0 Å². The second kappa shape index (κ2) is 8.06. The van der Waals surface area contributed by atoms with Crippen molar-refractivity contribution in [2.75, 3.05) is 0 Å². The van der Waals surface area contributed by atoms with Gasteiger partial charge in [0.05, 0.1) is 0 Å². The highest BCUT2D eigenvalue weighted by Gasteiger charge is 2.08. The normalized spacial score (nSPS) is 12.3. The van der Waals surface area contributed by atoms with Crippen LogP contribution < -0.4 is 0 Å². The number of benzene rings is 10. The van der Waals surface area contributed by atoms with E-state index in [-0.39, 0.29) is 0 Å². The van der Waals surface area contributed by atoms with E-state index in [9.17, 15) is 0 Å². The maximum Gasteiger partial charge on any atom is -0.00139 e. The van der Waals surface area contributed by atoms with E-state index in [0.29, 0.717) is 0 Å². The van der Waals surface area contributed by atoms with E-state index in [1.165, 1.54) is 86.2 Å². The van der Waals surface area contributed by atoms with Gasteiger partial charge in [-0.1, -0.05) is 48.5 Å². The molecule has 0 saturated carbocycles. The summed E-state index contributed by atoms with van der Waals surface area (Å²) >= 11 is 0. The van der Waals surface area contributed by atoms with Crippen molar-refractivity contribution >= 4 is 97.0 Å². The van der Waals surface area contributed by atoms with E-state index in [2.05, 4.69) is 146 Å². The smallest absolute Gasteiger partial charge is 0.00139 e. The highest BCUT2D eigenvalue weighted by molar-refractivity contribution is 6.13. The molecule has 0 nitrogen and oxygen atoms in total. The van der Waals surface area contributed by atoms with Gasteiger partial charge in [-0.3, -0.25) is 0 Å². The lowest BCUT2D eigenvalue weighted by molar-refractivity contribution is 1.78. The van der Waals surface area contributed by atoms with E-state index < -0.39 is 0 Å². The average molecular weight is 528 g/mol. The van der Waals surface area contributed by atoms with Gasteiger partial charge < -0.3 is 0 Å². The van der Waals surface area contributed by atoms with E-state index in [1.54, 1.807) is 0 Å². The monoisotopic (exact) mass is 527 g/mol. The van der Waals surface area contributed by atoms with Crippen molar-refractivity contribution in [2.24, 2.45) is 0 Å². The van der Waals surface area contributed by atoms with Gasteiger partial charge >= 0.3 is 0 Å². The summed E-state index contributed by atoms with van der Waals surface area (Å²) in [7, 11) is 0. The van der Waals surface area contributed by atoms with Crippen molar-refractivity contribution < 1.29 is 0 Å². The van der Waals surface area contributed by atoms with Crippen molar-refractivity contribution in [3.8, 4) is 0 Å². The van der Waals surface area contributed by atoms with Crippen LogP contribution in [0.4, 0.5) is 0 Å². The molecule has 0 spiro atoms. The van der Waals surface area contributed by atoms with Gasteiger partial charge in [0, 0.05) is 0 Å². The Hall–Kier alpha value is -5.46. The molecule has 0 aliphatic carbocycles. The molecule has 10 aromatic rings. The third kappa shape index (κ3) is 3.30. The molecule has 10 rings (SSSR count). The summed E-state index contributed by atoms with van der Waals surface area (Å²) in [5.41, 5.74) is 0. The first-order chi connectivity index (χ1) is 20.7. The molecule has 0 heterocycles. The molecule has 42 heavy (non-hydrogen) atoms. The van der Waals surface area contributed by atoms with Gasteiger partial charge in [0.15, 0.2) is 0 Å². The summed E-state index contributed by atoms with van der Waals surface area (Å²) in [6.07, 6.45) is 0. The van der Waals surface area contributed by atoms with Crippen LogP contribution in [0.2, 0.25) is 0 Å². The van der Waals surface area contributed by atoms with Gasteiger partial charge in [-0.15, -0.1) is 0 Å². The lowest BCUT2D eigenvalue weighted by atomic mass is 9.94. The zero-order valence-electron chi connectivity index (χ0n) is 22.8. The molecular formula is C42H23. The van der Waals surface area contributed by atoms with Crippen molar-refractivity contribution in [1.29, 1.82) is 0 Å². The zero-order valence-corrected chi connectivity index (χ0v) is 22.8. The van der Waals surface area contributed by atoms with Gasteiger partial charge in [-0.25, -0.2) is 0 Å². The Labute approximate surface area is 242 Å². The first-order valence-corrected chi connectivity index (χ1v) is 14.6. The molecule has 0 aliphatic heterocycles. The van der Waals surface area contributed by atoms with Crippen LogP contribution in [0, 0.1) is 6.07 Å². The molecule has 0 amide bonds. The molecule has 0 bridgehead atoms. The molecule has 0 aliphatic rings. The average Bonchev–Trinajstić information content (AvgIpc) is 3.00. The first-order valence-electron chi connectivity index (χ1n) is 14.6. The number of fused-ring (bicyclic) bond motifs is 9. The largest absolute Gasteiger partial charge is 0.0616 e. The minimum atomic E-state index is 1.16. The molecule has 0 fully saturated rings. The molecule has 0 N–H and O–H groups in total. The summed E-state index contributed by atoms with van der Waals surface area (Å²) < 4.78 is 0. The van der Waals surface area contributed by atoms with Crippen molar-refractivity contribution in [3.05, 3.63) is 146 Å².